The van der Waals surface area contributed by atoms with E-state index in [1.807, 2.05) is 0 Å². The molecule has 0 bridgehead atoms. The molecule has 3 heteroatoms. The zero-order valence-corrected chi connectivity index (χ0v) is 7.38. The standard InChI is InChI=1S/C9H16N2O/c12-9-4-6-11-5-2-1-3-8(11)7-10-9/h8H,1-7H2,(H,10,12)/t8-/m0/s1. The molecule has 68 valence electrons. The number of amides is 1. The maximum Gasteiger partial charge on any atom is 0.221 e. The van der Waals surface area contributed by atoms with Crippen LogP contribution in [0.2, 0.25) is 0 Å². The van der Waals surface area contributed by atoms with Crippen molar-refractivity contribution >= 4 is 5.91 Å². The Balaban J connectivity index is 1.98. The SMILES string of the molecule is O=C1CCN2CCCC[C@H]2CN1. The Bertz CT molecular complexity index is 163. The van der Waals surface area contributed by atoms with Gasteiger partial charge >= 0.3 is 0 Å². The lowest BCUT2D eigenvalue weighted by Crippen LogP contribution is -2.43. The third-order valence-electron chi connectivity index (χ3n) is 2.91. The predicted octanol–water partition coefficient (Wildman–Crippen LogP) is 0.361. The first-order valence-corrected chi connectivity index (χ1v) is 4.87. The average molecular weight is 168 g/mol. The number of fused-ring (bicyclic) bond motifs is 1. The summed E-state index contributed by atoms with van der Waals surface area (Å²) in [6.45, 7) is 3.04. The highest BCUT2D eigenvalue weighted by molar-refractivity contribution is 5.76. The van der Waals surface area contributed by atoms with Gasteiger partial charge < -0.3 is 5.32 Å². The highest BCUT2D eigenvalue weighted by Gasteiger charge is 2.25. The van der Waals surface area contributed by atoms with Gasteiger partial charge in [0.15, 0.2) is 0 Å². The molecule has 1 atom stereocenters. The Kier molecular flexibility index (Phi) is 2.30. The molecule has 1 amide bonds. The number of carbonyl (C=O) groups excluding carboxylic acids is 1. The van der Waals surface area contributed by atoms with Crippen LogP contribution in [0.1, 0.15) is 25.7 Å². The number of piperidine rings is 1. The van der Waals surface area contributed by atoms with Crippen molar-refractivity contribution in [3.8, 4) is 0 Å². The van der Waals surface area contributed by atoms with Gasteiger partial charge in [-0.05, 0) is 19.4 Å². The van der Waals surface area contributed by atoms with Gasteiger partial charge in [-0.1, -0.05) is 6.42 Å². The van der Waals surface area contributed by atoms with E-state index < -0.39 is 0 Å². The van der Waals surface area contributed by atoms with E-state index in [1.54, 1.807) is 0 Å². The van der Waals surface area contributed by atoms with E-state index in [0.29, 0.717) is 12.5 Å². The lowest BCUT2D eigenvalue weighted by atomic mass is 10.0. The van der Waals surface area contributed by atoms with Crippen LogP contribution in [0, 0.1) is 0 Å². The summed E-state index contributed by atoms with van der Waals surface area (Å²) in [5, 5.41) is 2.96. The smallest absolute Gasteiger partial charge is 0.221 e. The van der Waals surface area contributed by atoms with Crippen LogP contribution >= 0.6 is 0 Å². The van der Waals surface area contributed by atoms with Crippen molar-refractivity contribution in [2.24, 2.45) is 0 Å². The number of rotatable bonds is 0. The summed E-state index contributed by atoms with van der Waals surface area (Å²) in [5.41, 5.74) is 0. The fourth-order valence-electron chi connectivity index (χ4n) is 2.15. The van der Waals surface area contributed by atoms with E-state index in [9.17, 15) is 4.79 Å². The Labute approximate surface area is 73.1 Å². The first kappa shape index (κ1) is 8.05. The molecular weight excluding hydrogens is 152 g/mol. The van der Waals surface area contributed by atoms with Gasteiger partial charge in [0, 0.05) is 25.6 Å². The van der Waals surface area contributed by atoms with Gasteiger partial charge in [-0.3, -0.25) is 9.69 Å². The Morgan fingerprint density at radius 2 is 2.25 bits per heavy atom. The molecule has 0 aromatic carbocycles. The fourth-order valence-corrected chi connectivity index (χ4v) is 2.15. The number of carbonyl (C=O) groups is 1. The number of nitrogens with one attached hydrogen (secondary N) is 1. The van der Waals surface area contributed by atoms with E-state index in [1.165, 1.54) is 25.8 Å². The molecule has 2 aliphatic heterocycles. The van der Waals surface area contributed by atoms with Gasteiger partial charge in [-0.2, -0.15) is 0 Å². The van der Waals surface area contributed by atoms with E-state index in [2.05, 4.69) is 10.2 Å². The van der Waals surface area contributed by atoms with Gasteiger partial charge in [0.05, 0.1) is 0 Å². The van der Waals surface area contributed by atoms with Crippen molar-refractivity contribution < 1.29 is 4.79 Å². The summed E-state index contributed by atoms with van der Waals surface area (Å²) in [6, 6.07) is 0.630. The highest BCUT2D eigenvalue weighted by atomic mass is 16.1. The zero-order valence-electron chi connectivity index (χ0n) is 7.38. The summed E-state index contributed by atoms with van der Waals surface area (Å²) < 4.78 is 0. The van der Waals surface area contributed by atoms with Crippen molar-refractivity contribution in [3.05, 3.63) is 0 Å². The molecule has 0 unspecified atom stereocenters. The maximum absolute atomic E-state index is 11.1. The van der Waals surface area contributed by atoms with Gasteiger partial charge in [-0.25, -0.2) is 0 Å². The molecule has 2 saturated heterocycles. The van der Waals surface area contributed by atoms with Crippen molar-refractivity contribution in [2.75, 3.05) is 19.6 Å². The molecule has 2 aliphatic rings. The Morgan fingerprint density at radius 1 is 1.33 bits per heavy atom. The quantitative estimate of drug-likeness (QED) is 0.566. The van der Waals surface area contributed by atoms with Crippen LogP contribution in [-0.2, 0) is 4.79 Å². The van der Waals surface area contributed by atoms with Crippen LogP contribution in [0.3, 0.4) is 0 Å². The summed E-state index contributed by atoms with van der Waals surface area (Å²) >= 11 is 0. The summed E-state index contributed by atoms with van der Waals surface area (Å²) in [4.78, 5) is 13.5. The molecule has 1 N–H and O–H groups in total. The lowest BCUT2D eigenvalue weighted by molar-refractivity contribution is -0.120. The van der Waals surface area contributed by atoms with E-state index in [0.717, 1.165) is 13.1 Å². The minimum Gasteiger partial charge on any atom is -0.354 e. The van der Waals surface area contributed by atoms with Crippen LogP contribution < -0.4 is 5.32 Å². The molecule has 2 fully saturated rings. The van der Waals surface area contributed by atoms with Crippen LogP contribution in [0.15, 0.2) is 0 Å². The third-order valence-corrected chi connectivity index (χ3v) is 2.91. The third kappa shape index (κ3) is 1.61. The largest absolute Gasteiger partial charge is 0.354 e. The molecule has 2 rings (SSSR count). The predicted molar refractivity (Wildman–Crippen MR) is 46.8 cm³/mol. The van der Waals surface area contributed by atoms with Crippen LogP contribution in [-0.4, -0.2) is 36.5 Å². The first-order valence-electron chi connectivity index (χ1n) is 4.87. The molecule has 3 nitrogen and oxygen atoms in total. The molecule has 0 aromatic rings. The monoisotopic (exact) mass is 168 g/mol. The van der Waals surface area contributed by atoms with E-state index in [-0.39, 0.29) is 5.91 Å². The van der Waals surface area contributed by atoms with Crippen LogP contribution in [0.4, 0.5) is 0 Å². The van der Waals surface area contributed by atoms with E-state index in [4.69, 9.17) is 0 Å². The average Bonchev–Trinajstić information content (AvgIpc) is 2.29. The Hall–Kier alpha value is -0.570. The number of hydrogen-bond donors (Lipinski definition) is 1. The van der Waals surface area contributed by atoms with Gasteiger partial charge in [0.2, 0.25) is 5.91 Å². The highest BCUT2D eigenvalue weighted by Crippen LogP contribution is 2.17. The molecule has 0 radical (unpaired) electrons. The molecule has 12 heavy (non-hydrogen) atoms. The summed E-state index contributed by atoms with van der Waals surface area (Å²) in [5.74, 6) is 0.226. The van der Waals surface area contributed by atoms with Crippen LogP contribution in [0.5, 0.6) is 0 Å². The molecule has 0 aromatic heterocycles. The maximum atomic E-state index is 11.1. The second kappa shape index (κ2) is 3.44. The lowest BCUT2D eigenvalue weighted by Gasteiger charge is -2.33. The summed E-state index contributed by atoms with van der Waals surface area (Å²) in [7, 11) is 0. The normalized spacial score (nSPS) is 32.0. The van der Waals surface area contributed by atoms with Gasteiger partial charge in [-0.15, -0.1) is 0 Å². The van der Waals surface area contributed by atoms with Crippen LogP contribution in [0.25, 0.3) is 0 Å². The fraction of sp³-hybridized carbons (Fsp3) is 0.889. The number of nitrogens with zero attached hydrogens (tertiary/aromatic N) is 1. The topological polar surface area (TPSA) is 32.3 Å². The van der Waals surface area contributed by atoms with E-state index >= 15 is 0 Å². The molecule has 0 aliphatic carbocycles. The number of hydrogen-bond acceptors (Lipinski definition) is 2. The molecule has 0 saturated carbocycles. The summed E-state index contributed by atoms with van der Waals surface area (Å²) in [6.07, 6.45) is 4.60. The minimum absolute atomic E-state index is 0.226. The minimum atomic E-state index is 0.226. The molecular formula is C9H16N2O. The zero-order chi connectivity index (χ0) is 8.39. The van der Waals surface area contributed by atoms with Gasteiger partial charge in [0.25, 0.3) is 0 Å². The Morgan fingerprint density at radius 3 is 3.17 bits per heavy atom. The molecule has 2 heterocycles. The van der Waals surface area contributed by atoms with Gasteiger partial charge in [0.1, 0.15) is 0 Å². The first-order chi connectivity index (χ1) is 5.86. The molecule has 0 spiro atoms. The second-order valence-electron chi connectivity index (χ2n) is 3.74. The van der Waals surface area contributed by atoms with Crippen molar-refractivity contribution in [1.29, 1.82) is 0 Å². The van der Waals surface area contributed by atoms with Crippen molar-refractivity contribution in [1.82, 2.24) is 10.2 Å². The van der Waals surface area contributed by atoms with Crippen molar-refractivity contribution in [2.45, 2.75) is 31.7 Å². The van der Waals surface area contributed by atoms with Crippen molar-refractivity contribution in [3.63, 3.8) is 0 Å². The second-order valence-corrected chi connectivity index (χ2v) is 3.74.